The van der Waals surface area contributed by atoms with Crippen molar-refractivity contribution in [2.75, 3.05) is 30.4 Å². The summed E-state index contributed by atoms with van der Waals surface area (Å²) in [6, 6.07) is 5.56. The summed E-state index contributed by atoms with van der Waals surface area (Å²) < 4.78 is 20.5. The Labute approximate surface area is 185 Å². The molecular formula is C24H25FN6O. The Morgan fingerprint density at radius 1 is 1.19 bits per heavy atom. The molecule has 0 spiro atoms. The van der Waals surface area contributed by atoms with E-state index in [1.165, 1.54) is 6.07 Å². The van der Waals surface area contributed by atoms with Gasteiger partial charge in [-0.2, -0.15) is 9.97 Å². The fraction of sp³-hybridized carbons (Fsp3) is 0.375. The van der Waals surface area contributed by atoms with Gasteiger partial charge in [-0.3, -0.25) is 4.98 Å². The van der Waals surface area contributed by atoms with Gasteiger partial charge in [-0.25, -0.2) is 4.39 Å². The summed E-state index contributed by atoms with van der Waals surface area (Å²) in [6.07, 6.45) is 5.07. The first kappa shape index (κ1) is 19.4. The predicted octanol–water partition coefficient (Wildman–Crippen LogP) is 3.51. The number of aryl methyl sites for hydroxylation is 1. The van der Waals surface area contributed by atoms with E-state index >= 15 is 0 Å². The molecule has 3 heterocycles. The van der Waals surface area contributed by atoms with Gasteiger partial charge in [-0.15, -0.1) is 0 Å². The zero-order valence-corrected chi connectivity index (χ0v) is 18.1. The molecule has 1 saturated heterocycles. The fourth-order valence-electron chi connectivity index (χ4n) is 5.41. The Kier molecular flexibility index (Phi) is 4.33. The molecule has 0 bridgehead atoms. The van der Waals surface area contributed by atoms with E-state index in [0.717, 1.165) is 59.0 Å². The van der Waals surface area contributed by atoms with Crippen molar-refractivity contribution in [2.24, 2.45) is 17.6 Å². The number of rotatable bonds is 4. The lowest BCUT2D eigenvalue weighted by atomic mass is 9.72. The van der Waals surface area contributed by atoms with Crippen molar-refractivity contribution in [2.45, 2.75) is 25.8 Å². The monoisotopic (exact) mass is 432 g/mol. The van der Waals surface area contributed by atoms with Gasteiger partial charge in [0.25, 0.3) is 0 Å². The molecule has 2 unspecified atom stereocenters. The second-order valence-corrected chi connectivity index (χ2v) is 9.09. The first-order valence-corrected chi connectivity index (χ1v) is 11.0. The normalized spacial score (nSPS) is 22.8. The number of hydrogen-bond donors (Lipinski definition) is 2. The SMILES string of the molecule is CNc1cc(F)cc2c1Cc1nc(Oc3cncc(C)c3)nc(N3CC4C[C@@H](N)C4C3)c1-2. The molecule has 7 nitrogen and oxygen atoms in total. The molecule has 6 rings (SSSR count). The molecule has 0 radical (unpaired) electrons. The van der Waals surface area contributed by atoms with Crippen LogP contribution in [0.2, 0.25) is 0 Å². The van der Waals surface area contributed by atoms with E-state index in [1.807, 2.05) is 20.0 Å². The van der Waals surface area contributed by atoms with E-state index in [1.54, 1.807) is 18.5 Å². The second-order valence-electron chi connectivity index (χ2n) is 9.09. The molecule has 3 aliphatic rings. The molecule has 3 N–H and O–H groups in total. The number of benzene rings is 1. The minimum absolute atomic E-state index is 0.245. The van der Waals surface area contributed by atoms with Crippen LogP contribution in [-0.2, 0) is 6.42 Å². The Morgan fingerprint density at radius 3 is 2.81 bits per heavy atom. The number of nitrogens with one attached hydrogen (secondary N) is 1. The number of pyridine rings is 1. The third-order valence-electron chi connectivity index (χ3n) is 7.02. The van der Waals surface area contributed by atoms with Crippen molar-refractivity contribution in [1.29, 1.82) is 0 Å². The van der Waals surface area contributed by atoms with E-state index in [-0.39, 0.29) is 17.9 Å². The molecular weight excluding hydrogens is 407 g/mol. The van der Waals surface area contributed by atoms with Crippen molar-refractivity contribution in [3.63, 3.8) is 0 Å². The van der Waals surface area contributed by atoms with Gasteiger partial charge in [0, 0.05) is 50.0 Å². The second kappa shape index (κ2) is 7.13. The van der Waals surface area contributed by atoms with E-state index in [2.05, 4.69) is 15.2 Å². The zero-order valence-electron chi connectivity index (χ0n) is 18.1. The average Bonchev–Trinajstić information content (AvgIpc) is 3.30. The minimum Gasteiger partial charge on any atom is -0.423 e. The number of nitrogens with two attached hydrogens (primary N) is 1. The van der Waals surface area contributed by atoms with Crippen LogP contribution in [0.25, 0.3) is 11.1 Å². The van der Waals surface area contributed by atoms with E-state index in [0.29, 0.717) is 24.0 Å². The topological polar surface area (TPSA) is 89.2 Å². The maximum atomic E-state index is 14.5. The highest BCUT2D eigenvalue weighted by Gasteiger charge is 2.46. The standard InChI is InChI=1S/C24H25FN6O/c1-12-3-15(9-28-8-12)32-24-29-21-7-16-17(5-14(25)6-20(16)27-2)22(21)23(30-24)31-10-13-4-19(26)18(13)11-31/h3,5-6,8-9,13,18-19,27H,4,7,10-11,26H2,1-2H3/t13?,18?,19-/m1/s1. The number of ether oxygens (including phenoxy) is 1. The summed E-state index contributed by atoms with van der Waals surface area (Å²) >= 11 is 0. The number of aromatic nitrogens is 3. The quantitative estimate of drug-likeness (QED) is 0.510. The van der Waals surface area contributed by atoms with Crippen LogP contribution in [0.5, 0.6) is 11.8 Å². The smallest absolute Gasteiger partial charge is 0.324 e. The molecule has 3 aromatic rings. The first-order chi connectivity index (χ1) is 15.5. The summed E-state index contributed by atoms with van der Waals surface area (Å²) in [5.41, 5.74) is 11.7. The summed E-state index contributed by atoms with van der Waals surface area (Å²) in [7, 11) is 1.81. The number of anilines is 2. The van der Waals surface area contributed by atoms with Crippen molar-refractivity contribution in [3.05, 3.63) is 53.2 Å². The maximum absolute atomic E-state index is 14.5. The lowest BCUT2D eigenvalue weighted by Crippen LogP contribution is -2.46. The number of nitrogens with zero attached hydrogens (tertiary/aromatic N) is 4. The van der Waals surface area contributed by atoms with Gasteiger partial charge in [-0.1, -0.05) is 0 Å². The van der Waals surface area contributed by atoms with E-state index < -0.39 is 0 Å². The molecule has 2 fully saturated rings. The largest absolute Gasteiger partial charge is 0.423 e. The maximum Gasteiger partial charge on any atom is 0.324 e. The number of hydrogen-bond acceptors (Lipinski definition) is 7. The van der Waals surface area contributed by atoms with Crippen LogP contribution in [0.4, 0.5) is 15.9 Å². The van der Waals surface area contributed by atoms with Gasteiger partial charge in [0.05, 0.1) is 11.9 Å². The Balaban J connectivity index is 1.47. The van der Waals surface area contributed by atoms with Crippen LogP contribution in [0, 0.1) is 24.6 Å². The molecule has 3 atom stereocenters. The Morgan fingerprint density at radius 2 is 2.06 bits per heavy atom. The summed E-state index contributed by atoms with van der Waals surface area (Å²) in [5, 5.41) is 3.12. The number of halogens is 1. The lowest BCUT2D eigenvalue weighted by molar-refractivity contribution is 0.194. The highest BCUT2D eigenvalue weighted by atomic mass is 19.1. The fourth-order valence-corrected chi connectivity index (χ4v) is 5.41. The van der Waals surface area contributed by atoms with Crippen LogP contribution < -0.4 is 20.7 Å². The molecule has 1 aliphatic heterocycles. The third kappa shape index (κ3) is 3.01. The first-order valence-electron chi connectivity index (χ1n) is 11.0. The van der Waals surface area contributed by atoms with Gasteiger partial charge in [0.1, 0.15) is 17.4 Å². The molecule has 2 aliphatic carbocycles. The lowest BCUT2D eigenvalue weighted by Gasteiger charge is -2.36. The van der Waals surface area contributed by atoms with E-state index in [9.17, 15) is 4.39 Å². The van der Waals surface area contributed by atoms with Crippen LogP contribution in [0.1, 0.15) is 23.2 Å². The summed E-state index contributed by atoms with van der Waals surface area (Å²) in [6.45, 7) is 3.71. The summed E-state index contributed by atoms with van der Waals surface area (Å²) in [4.78, 5) is 16.1. The van der Waals surface area contributed by atoms with Crippen LogP contribution in [-0.4, -0.2) is 41.1 Å². The molecule has 32 heavy (non-hydrogen) atoms. The summed E-state index contributed by atoms with van der Waals surface area (Å²) in [5.74, 6) is 2.19. The van der Waals surface area contributed by atoms with Gasteiger partial charge in [0.15, 0.2) is 0 Å². The van der Waals surface area contributed by atoms with Crippen molar-refractivity contribution in [3.8, 4) is 22.9 Å². The predicted molar refractivity (Wildman–Crippen MR) is 121 cm³/mol. The highest BCUT2D eigenvalue weighted by Crippen LogP contribution is 2.48. The molecule has 8 heteroatoms. The van der Waals surface area contributed by atoms with Gasteiger partial charge in [-0.05, 0) is 60.1 Å². The highest BCUT2D eigenvalue weighted by molar-refractivity contribution is 5.88. The third-order valence-corrected chi connectivity index (χ3v) is 7.02. The van der Waals surface area contributed by atoms with Crippen LogP contribution >= 0.6 is 0 Å². The molecule has 1 aromatic carbocycles. The Bertz CT molecular complexity index is 1230. The van der Waals surface area contributed by atoms with E-state index in [4.69, 9.17) is 20.4 Å². The van der Waals surface area contributed by atoms with Crippen LogP contribution in [0.15, 0.2) is 30.6 Å². The Hall–Kier alpha value is -3.26. The number of fused-ring (bicyclic) bond motifs is 4. The van der Waals surface area contributed by atoms with Crippen LogP contribution in [0.3, 0.4) is 0 Å². The molecule has 1 saturated carbocycles. The van der Waals surface area contributed by atoms with Gasteiger partial charge >= 0.3 is 6.01 Å². The average molecular weight is 433 g/mol. The van der Waals surface area contributed by atoms with Gasteiger partial charge in [0.2, 0.25) is 0 Å². The van der Waals surface area contributed by atoms with Gasteiger partial charge < -0.3 is 20.7 Å². The van der Waals surface area contributed by atoms with Crippen molar-refractivity contribution in [1.82, 2.24) is 15.0 Å². The molecule has 0 amide bonds. The minimum atomic E-state index is -0.276. The zero-order chi connectivity index (χ0) is 22.0. The van der Waals surface area contributed by atoms with Crippen molar-refractivity contribution < 1.29 is 9.13 Å². The molecule has 2 aromatic heterocycles. The molecule has 164 valence electrons. The van der Waals surface area contributed by atoms with Crippen molar-refractivity contribution >= 4 is 11.5 Å².